The Labute approximate surface area is 215 Å². The molecule has 2 aromatic heterocycles. The Hall–Kier alpha value is -3.52. The molecule has 1 saturated heterocycles. The molecule has 3 heterocycles. The van der Waals surface area contributed by atoms with Crippen LogP contribution in [-0.2, 0) is 4.79 Å². The molecule has 5 N–H and O–H groups in total. The molecule has 3 aromatic rings. The zero-order valence-corrected chi connectivity index (χ0v) is 21.6. The molecule has 12 heteroatoms. The number of anilines is 3. The quantitative estimate of drug-likeness (QED) is 0.174. The Bertz CT molecular complexity index is 1280. The van der Waals surface area contributed by atoms with Gasteiger partial charge in [-0.3, -0.25) is 0 Å². The molecule has 1 amide bonds. The van der Waals surface area contributed by atoms with Crippen LogP contribution in [0.2, 0.25) is 5.21 Å². The Balaban J connectivity index is 1.49. The summed E-state index contributed by atoms with van der Waals surface area (Å²) in [7, 11) is 1.93. The molecule has 0 aliphatic carbocycles. The average Bonchev–Trinajstić information content (AvgIpc) is 2.87. The van der Waals surface area contributed by atoms with Crippen molar-refractivity contribution in [1.82, 2.24) is 14.9 Å². The maximum absolute atomic E-state index is 12.8. The van der Waals surface area contributed by atoms with Crippen molar-refractivity contribution in [1.29, 1.82) is 5.26 Å². The van der Waals surface area contributed by atoms with Crippen LogP contribution < -0.4 is 25.7 Å². The predicted molar refractivity (Wildman–Crippen MR) is 137 cm³/mol. The molecule has 0 saturated carbocycles. The molecular formula is C24H26AsN8O3. The van der Waals surface area contributed by atoms with E-state index < -0.39 is 5.23 Å². The molecule has 36 heavy (non-hydrogen) atoms. The van der Waals surface area contributed by atoms with Crippen molar-refractivity contribution >= 4 is 49.2 Å². The van der Waals surface area contributed by atoms with Gasteiger partial charge in [0.1, 0.15) is 0 Å². The number of nitrogens with zero attached hydrogens (tertiary/aromatic N) is 5. The number of rotatable bonds is 8. The van der Waals surface area contributed by atoms with Gasteiger partial charge in [-0.1, -0.05) is 0 Å². The first-order chi connectivity index (χ1) is 17.4. The molecule has 11 nitrogen and oxygen atoms in total. The summed E-state index contributed by atoms with van der Waals surface area (Å²) in [6.45, 7) is 2.35. The fraction of sp³-hybridized carbons (Fsp3) is 0.250. The molecule has 1 fully saturated rings. The van der Waals surface area contributed by atoms with Crippen molar-refractivity contribution in [3.8, 4) is 17.3 Å². The fourth-order valence-electron chi connectivity index (χ4n) is 3.82. The van der Waals surface area contributed by atoms with Crippen LogP contribution in [0.25, 0.3) is 11.3 Å². The Morgan fingerprint density at radius 3 is 2.64 bits per heavy atom. The second kappa shape index (κ2) is 11.5. The van der Waals surface area contributed by atoms with E-state index in [9.17, 15) is 10.0 Å². The van der Waals surface area contributed by atoms with E-state index >= 15 is 0 Å². The second-order valence-electron chi connectivity index (χ2n) is 8.25. The van der Waals surface area contributed by atoms with Crippen LogP contribution >= 0.6 is 0 Å². The second-order valence-corrected chi connectivity index (χ2v) is 10.8. The third kappa shape index (κ3) is 5.99. The number of aromatic nitrogens is 2. The van der Waals surface area contributed by atoms with Crippen LogP contribution in [0.5, 0.6) is 0 Å². The van der Waals surface area contributed by atoms with Gasteiger partial charge in [-0.2, -0.15) is 0 Å². The number of nitrogen functional groups attached to an aromatic ring is 1. The van der Waals surface area contributed by atoms with E-state index in [1.807, 2.05) is 36.2 Å². The standard InChI is InChI=1S/C24H26AsN8O3/c1-31-12-13-32(22(34)15-31)18-7-9-21(30-23(18)17-4-2-16(14-26)3-5-17)28-11-10-25-20-8-6-19(33(35)36)24(27)29-20/h2-9,33,35H,10-13,15H2,1H3,(H2,27,29)(H,28,30). The predicted octanol–water partition coefficient (Wildman–Crippen LogP) is 0.139. The summed E-state index contributed by atoms with van der Waals surface area (Å²) in [4.78, 5) is 25.6. The monoisotopic (exact) mass is 549 g/mol. The molecule has 185 valence electrons. The SMILES string of the molecule is CN1CCN(c2ccc(NCC[As]c3ccc([NH+]([O-])O)c(N)n3)nc2-c2ccc(C#N)cc2)C(=O)C1. The normalized spacial score (nSPS) is 15.3. The topological polar surface area (TPSA) is 159 Å². The van der Waals surface area contributed by atoms with Gasteiger partial charge in [0, 0.05) is 0 Å². The number of piperazine rings is 1. The molecule has 0 spiro atoms. The number of quaternary nitrogens is 1. The van der Waals surface area contributed by atoms with Crippen molar-refractivity contribution in [3.05, 3.63) is 59.3 Å². The van der Waals surface area contributed by atoms with E-state index in [-0.39, 0.29) is 33.2 Å². The third-order valence-electron chi connectivity index (χ3n) is 5.70. The van der Waals surface area contributed by atoms with Crippen molar-refractivity contribution in [3.63, 3.8) is 0 Å². The van der Waals surface area contributed by atoms with Crippen LogP contribution in [0.1, 0.15) is 5.56 Å². The van der Waals surface area contributed by atoms with Crippen LogP contribution in [0.4, 0.5) is 23.0 Å². The summed E-state index contributed by atoms with van der Waals surface area (Å²) in [5, 5.41) is 32.4. The number of nitrogens with one attached hydrogen (secondary N) is 2. The van der Waals surface area contributed by atoms with Crippen molar-refractivity contribution < 1.29 is 15.2 Å². The van der Waals surface area contributed by atoms with Gasteiger partial charge in [-0.15, -0.1) is 0 Å². The van der Waals surface area contributed by atoms with Crippen molar-refractivity contribution in [2.75, 3.05) is 49.2 Å². The molecular weight excluding hydrogens is 523 g/mol. The van der Waals surface area contributed by atoms with Gasteiger partial charge < -0.3 is 0 Å². The number of nitriles is 1. The zero-order chi connectivity index (χ0) is 25.7. The van der Waals surface area contributed by atoms with Gasteiger partial charge in [0.25, 0.3) is 0 Å². The van der Waals surface area contributed by atoms with Crippen LogP contribution in [-0.4, -0.2) is 75.0 Å². The summed E-state index contributed by atoms with van der Waals surface area (Å²) >= 11 is -0.309. The summed E-state index contributed by atoms with van der Waals surface area (Å²) in [5.41, 5.74) is 8.56. The number of benzene rings is 1. The van der Waals surface area contributed by atoms with Crippen molar-refractivity contribution in [2.24, 2.45) is 0 Å². The summed E-state index contributed by atoms with van der Waals surface area (Å²) < 4.78 is 0.811. The fourth-order valence-corrected chi connectivity index (χ4v) is 5.52. The Morgan fingerprint density at radius 2 is 1.97 bits per heavy atom. The molecule has 4 rings (SSSR count). The van der Waals surface area contributed by atoms with Gasteiger partial charge in [-0.05, 0) is 0 Å². The van der Waals surface area contributed by atoms with Crippen molar-refractivity contribution in [2.45, 2.75) is 5.21 Å². The minimum atomic E-state index is -1.09. The van der Waals surface area contributed by atoms with E-state index in [0.717, 1.165) is 27.5 Å². The molecule has 1 unspecified atom stereocenters. The number of pyridine rings is 2. The van der Waals surface area contributed by atoms with E-state index in [4.69, 9.17) is 21.2 Å². The van der Waals surface area contributed by atoms with Crippen LogP contribution in [0.15, 0.2) is 48.5 Å². The number of nitrogens with two attached hydrogens (primary N) is 1. The van der Waals surface area contributed by atoms with Gasteiger partial charge in [0.15, 0.2) is 0 Å². The first-order valence-electron chi connectivity index (χ1n) is 11.3. The van der Waals surface area contributed by atoms with E-state index in [1.165, 1.54) is 6.07 Å². The van der Waals surface area contributed by atoms with Gasteiger partial charge in [0.05, 0.1) is 0 Å². The van der Waals surface area contributed by atoms with Crippen LogP contribution in [0.3, 0.4) is 0 Å². The average molecular weight is 549 g/mol. The molecule has 0 bridgehead atoms. The number of likely N-dealkylation sites (N-methyl/N-ethyl adjacent to an activating group) is 1. The number of hydrogen-bond donors (Lipinski definition) is 4. The number of carbonyl (C=O) groups is 1. The van der Waals surface area contributed by atoms with Gasteiger partial charge in [0.2, 0.25) is 0 Å². The third-order valence-corrected chi connectivity index (χ3v) is 7.84. The number of hydrogen-bond acceptors (Lipinski definition) is 9. The Morgan fingerprint density at radius 1 is 1.19 bits per heavy atom. The summed E-state index contributed by atoms with van der Waals surface area (Å²) in [5.74, 6) is 0.728. The minimum absolute atomic E-state index is 0.0107. The molecule has 1 aromatic carbocycles. The zero-order valence-electron chi connectivity index (χ0n) is 19.7. The maximum atomic E-state index is 12.8. The molecule has 1 atom stereocenters. The molecule has 1 aliphatic rings. The first-order valence-corrected chi connectivity index (χ1v) is 13.5. The van der Waals surface area contributed by atoms with Gasteiger partial charge in [-0.25, -0.2) is 0 Å². The molecule has 1 radical (unpaired) electrons. The summed E-state index contributed by atoms with van der Waals surface area (Å²) in [6, 6.07) is 16.3. The number of amides is 1. The van der Waals surface area contributed by atoms with E-state index in [1.54, 1.807) is 23.1 Å². The number of carbonyl (C=O) groups excluding carboxylic acids is 1. The first kappa shape index (κ1) is 25.6. The van der Waals surface area contributed by atoms with E-state index in [2.05, 4.69) is 16.4 Å². The summed E-state index contributed by atoms with van der Waals surface area (Å²) in [6.07, 6.45) is 0. The Kier molecular flexibility index (Phi) is 8.15. The molecule has 1 aliphatic heterocycles. The van der Waals surface area contributed by atoms with Crippen LogP contribution in [0, 0.1) is 16.5 Å². The van der Waals surface area contributed by atoms with E-state index in [0.29, 0.717) is 36.7 Å². The van der Waals surface area contributed by atoms with Gasteiger partial charge >= 0.3 is 216 Å².